The van der Waals surface area contributed by atoms with Gasteiger partial charge in [-0.2, -0.15) is 5.10 Å². The molecule has 1 aliphatic rings. The summed E-state index contributed by atoms with van der Waals surface area (Å²) in [6.45, 7) is 4.65. The number of amides is 1. The summed E-state index contributed by atoms with van der Waals surface area (Å²) < 4.78 is 15.2. The summed E-state index contributed by atoms with van der Waals surface area (Å²) >= 11 is 1.73. The van der Waals surface area contributed by atoms with Crippen molar-refractivity contribution >= 4 is 23.4 Å². The summed E-state index contributed by atoms with van der Waals surface area (Å²) in [5, 5.41) is 4.41. The van der Waals surface area contributed by atoms with Gasteiger partial charge in [-0.1, -0.05) is 18.2 Å². The summed E-state index contributed by atoms with van der Waals surface area (Å²) in [5.74, 6) is -0.428. The summed E-state index contributed by atoms with van der Waals surface area (Å²) in [7, 11) is 0. The minimum Gasteiger partial charge on any atom is -0.367 e. The van der Waals surface area contributed by atoms with Gasteiger partial charge in [0.2, 0.25) is 0 Å². The molecule has 2 heterocycles. The number of benzene rings is 2. The first kappa shape index (κ1) is 19.5. The van der Waals surface area contributed by atoms with E-state index in [1.54, 1.807) is 30.0 Å². The molecule has 0 bridgehead atoms. The van der Waals surface area contributed by atoms with Crippen LogP contribution in [0.1, 0.15) is 16.2 Å². The van der Waals surface area contributed by atoms with Crippen molar-refractivity contribution < 1.29 is 9.18 Å². The number of para-hydroxylation sites is 1. The van der Waals surface area contributed by atoms with E-state index in [-0.39, 0.29) is 11.7 Å². The van der Waals surface area contributed by atoms with Crippen molar-refractivity contribution in [1.29, 1.82) is 0 Å². The molecule has 1 saturated heterocycles. The van der Waals surface area contributed by atoms with E-state index in [4.69, 9.17) is 0 Å². The van der Waals surface area contributed by atoms with E-state index >= 15 is 0 Å². The number of piperazine rings is 1. The maximum Gasteiger partial charge on any atom is 0.272 e. The molecular weight excluding hydrogens is 387 g/mol. The monoisotopic (exact) mass is 410 g/mol. The second-order valence-corrected chi connectivity index (χ2v) is 7.86. The molecule has 5 nitrogen and oxygen atoms in total. The number of aryl methyl sites for hydroxylation is 1. The van der Waals surface area contributed by atoms with Crippen LogP contribution in [0.5, 0.6) is 0 Å². The number of rotatable bonds is 4. The van der Waals surface area contributed by atoms with Gasteiger partial charge >= 0.3 is 0 Å². The van der Waals surface area contributed by atoms with Gasteiger partial charge in [0.25, 0.3) is 5.91 Å². The van der Waals surface area contributed by atoms with Crippen molar-refractivity contribution in [3.05, 3.63) is 71.8 Å². The molecule has 1 aromatic heterocycles. The highest BCUT2D eigenvalue weighted by molar-refractivity contribution is 7.98. The molecule has 150 valence electrons. The lowest BCUT2D eigenvalue weighted by atomic mass is 10.2. The molecule has 1 fully saturated rings. The second kappa shape index (κ2) is 8.29. The second-order valence-electron chi connectivity index (χ2n) is 7.01. The first-order valence-electron chi connectivity index (χ1n) is 9.56. The fourth-order valence-corrected chi connectivity index (χ4v) is 4.28. The molecule has 0 saturated carbocycles. The van der Waals surface area contributed by atoms with Gasteiger partial charge in [0.15, 0.2) is 0 Å². The van der Waals surface area contributed by atoms with E-state index in [1.165, 1.54) is 27.4 Å². The summed E-state index contributed by atoms with van der Waals surface area (Å²) in [4.78, 5) is 18.6. The van der Waals surface area contributed by atoms with Crippen molar-refractivity contribution in [2.75, 3.05) is 37.3 Å². The van der Waals surface area contributed by atoms with Crippen LogP contribution in [-0.2, 0) is 0 Å². The third-order valence-corrected chi connectivity index (χ3v) is 5.88. The Morgan fingerprint density at radius 2 is 1.79 bits per heavy atom. The maximum absolute atomic E-state index is 13.7. The lowest BCUT2D eigenvalue weighted by molar-refractivity contribution is 0.0737. The van der Waals surface area contributed by atoms with Gasteiger partial charge in [-0.15, -0.1) is 11.8 Å². The average molecular weight is 411 g/mol. The molecule has 1 amide bonds. The van der Waals surface area contributed by atoms with Gasteiger partial charge in [0, 0.05) is 31.1 Å². The Bertz CT molecular complexity index is 1030. The zero-order valence-electron chi connectivity index (χ0n) is 16.5. The Morgan fingerprint density at radius 3 is 2.52 bits per heavy atom. The van der Waals surface area contributed by atoms with Crippen molar-refractivity contribution in [3.63, 3.8) is 0 Å². The van der Waals surface area contributed by atoms with Crippen LogP contribution in [0.15, 0.2) is 59.5 Å². The van der Waals surface area contributed by atoms with Crippen molar-refractivity contribution in [3.8, 4) is 5.69 Å². The highest BCUT2D eigenvalue weighted by Gasteiger charge is 2.26. The van der Waals surface area contributed by atoms with E-state index < -0.39 is 0 Å². The lowest BCUT2D eigenvalue weighted by Gasteiger charge is -2.36. The van der Waals surface area contributed by atoms with Crippen LogP contribution in [0.2, 0.25) is 0 Å². The molecule has 0 atom stereocenters. The Hall–Kier alpha value is -2.80. The molecule has 0 unspecified atom stereocenters. The fourth-order valence-electron chi connectivity index (χ4n) is 3.66. The van der Waals surface area contributed by atoms with E-state index in [2.05, 4.69) is 28.4 Å². The Kier molecular flexibility index (Phi) is 5.58. The Labute approximate surface area is 174 Å². The van der Waals surface area contributed by atoms with E-state index in [1.807, 2.05) is 24.0 Å². The third-order valence-electron chi connectivity index (χ3n) is 5.10. The number of carbonyl (C=O) groups is 1. The molecule has 4 rings (SSSR count). The van der Waals surface area contributed by atoms with Crippen molar-refractivity contribution in [1.82, 2.24) is 14.7 Å². The zero-order chi connectivity index (χ0) is 20.4. The topological polar surface area (TPSA) is 41.4 Å². The highest BCUT2D eigenvalue weighted by Crippen LogP contribution is 2.29. The average Bonchev–Trinajstić information content (AvgIpc) is 3.15. The largest absolute Gasteiger partial charge is 0.367 e. The lowest BCUT2D eigenvalue weighted by Crippen LogP contribution is -2.49. The van der Waals surface area contributed by atoms with Crippen LogP contribution >= 0.6 is 11.8 Å². The minimum atomic E-state index is -0.352. The molecule has 29 heavy (non-hydrogen) atoms. The number of nitrogens with zero attached hydrogens (tertiary/aromatic N) is 4. The van der Waals surface area contributed by atoms with E-state index in [0.29, 0.717) is 24.5 Å². The number of carbonyl (C=O) groups excluding carboxylic acids is 1. The zero-order valence-corrected chi connectivity index (χ0v) is 17.3. The van der Waals surface area contributed by atoms with Gasteiger partial charge < -0.3 is 9.80 Å². The number of hydrogen-bond acceptors (Lipinski definition) is 4. The Balaban J connectivity index is 1.52. The standard InChI is InChI=1S/C22H23FN4OS/c1-16-14-20(27(24-16)18-7-5-6-17(23)15-18)22(28)26-12-10-25(11-13-26)19-8-3-4-9-21(19)29-2/h3-9,14-15H,10-13H2,1-2H3. The van der Waals surface area contributed by atoms with Crippen LogP contribution in [-0.4, -0.2) is 53.0 Å². The molecule has 0 radical (unpaired) electrons. The van der Waals surface area contributed by atoms with Crippen molar-refractivity contribution in [2.24, 2.45) is 0 Å². The summed E-state index contributed by atoms with van der Waals surface area (Å²) in [5.41, 5.74) is 2.96. The molecule has 2 aromatic carbocycles. The normalized spacial score (nSPS) is 14.3. The van der Waals surface area contributed by atoms with Gasteiger partial charge in [-0.25, -0.2) is 9.07 Å². The number of hydrogen-bond donors (Lipinski definition) is 0. The highest BCUT2D eigenvalue weighted by atomic mass is 32.2. The summed E-state index contributed by atoms with van der Waals surface area (Å²) in [6, 6.07) is 16.3. The predicted octanol–water partition coefficient (Wildman–Crippen LogP) is 4.00. The molecule has 0 spiro atoms. The predicted molar refractivity (Wildman–Crippen MR) is 115 cm³/mol. The fraction of sp³-hybridized carbons (Fsp3) is 0.273. The SMILES string of the molecule is CSc1ccccc1N1CCN(C(=O)c2cc(C)nn2-c2cccc(F)c2)CC1. The minimum absolute atomic E-state index is 0.0762. The number of anilines is 1. The van der Waals surface area contributed by atoms with Crippen LogP contribution in [0, 0.1) is 12.7 Å². The van der Waals surface area contributed by atoms with Crippen LogP contribution in [0.3, 0.4) is 0 Å². The first-order valence-corrected chi connectivity index (χ1v) is 10.8. The Morgan fingerprint density at radius 1 is 1.03 bits per heavy atom. The summed E-state index contributed by atoms with van der Waals surface area (Å²) in [6.07, 6.45) is 2.08. The number of halogens is 1. The molecule has 0 aliphatic carbocycles. The molecule has 1 aliphatic heterocycles. The number of aromatic nitrogens is 2. The van der Waals surface area contributed by atoms with E-state index in [0.717, 1.165) is 18.8 Å². The first-order chi connectivity index (χ1) is 14.1. The van der Waals surface area contributed by atoms with Gasteiger partial charge in [0.1, 0.15) is 11.5 Å². The van der Waals surface area contributed by atoms with Crippen LogP contribution < -0.4 is 4.90 Å². The quantitative estimate of drug-likeness (QED) is 0.610. The maximum atomic E-state index is 13.7. The molecule has 3 aromatic rings. The molecule has 0 N–H and O–H groups in total. The molecule has 7 heteroatoms. The van der Waals surface area contributed by atoms with Crippen molar-refractivity contribution in [2.45, 2.75) is 11.8 Å². The van der Waals surface area contributed by atoms with Crippen LogP contribution in [0.25, 0.3) is 5.69 Å². The van der Waals surface area contributed by atoms with Crippen LogP contribution in [0.4, 0.5) is 10.1 Å². The van der Waals surface area contributed by atoms with Gasteiger partial charge in [0.05, 0.1) is 17.1 Å². The van der Waals surface area contributed by atoms with E-state index in [9.17, 15) is 9.18 Å². The number of thioether (sulfide) groups is 1. The third kappa shape index (κ3) is 4.00. The van der Waals surface area contributed by atoms with Gasteiger partial charge in [-0.3, -0.25) is 4.79 Å². The smallest absolute Gasteiger partial charge is 0.272 e. The molecular formula is C22H23FN4OS. The van der Waals surface area contributed by atoms with Gasteiger partial charge in [-0.05, 0) is 49.6 Å².